The molecule has 1 saturated heterocycles. The van der Waals surface area contributed by atoms with E-state index in [1.54, 1.807) is 0 Å². The molecule has 0 radical (unpaired) electrons. The molecule has 0 saturated carbocycles. The monoisotopic (exact) mass is 460 g/mol. The van der Waals surface area contributed by atoms with Crippen molar-refractivity contribution in [2.45, 2.75) is 32.1 Å². The summed E-state index contributed by atoms with van der Waals surface area (Å²) >= 11 is 0. The number of esters is 1. The number of nitrogens with zero attached hydrogens (tertiary/aromatic N) is 2. The summed E-state index contributed by atoms with van der Waals surface area (Å²) in [5, 5.41) is 10.7. The lowest BCUT2D eigenvalue weighted by Crippen LogP contribution is -2.42. The molecule has 1 aromatic rings. The Morgan fingerprint density at radius 1 is 1.19 bits per heavy atom. The number of carbonyl (C=O) groups excluding carboxylic acids is 3. The van der Waals surface area contributed by atoms with E-state index in [1.807, 2.05) is 0 Å². The van der Waals surface area contributed by atoms with E-state index in [0.717, 1.165) is 11.2 Å². The molecule has 1 aromatic carbocycles. The minimum atomic E-state index is -3.88. The highest BCUT2D eigenvalue weighted by atomic mass is 32.2. The third kappa shape index (κ3) is 7.18. The third-order valence-electron chi connectivity index (χ3n) is 4.04. The van der Waals surface area contributed by atoms with Gasteiger partial charge in [0.25, 0.3) is 15.8 Å². The molecule has 1 amide bonds. The zero-order valence-corrected chi connectivity index (χ0v) is 17.4. The summed E-state index contributed by atoms with van der Waals surface area (Å²) in [6.07, 6.45) is -2.75. The average molecular weight is 460 g/mol. The summed E-state index contributed by atoms with van der Waals surface area (Å²) in [5.41, 5.74) is 0.296. The topological polar surface area (TPSA) is 169 Å². The van der Waals surface area contributed by atoms with Gasteiger partial charge in [0.15, 0.2) is 0 Å². The van der Waals surface area contributed by atoms with Gasteiger partial charge >= 0.3 is 18.2 Å². The zero-order valence-electron chi connectivity index (χ0n) is 16.6. The standard InChI is InChI=1S/C17H20N2O11S/c1-3-27-17(22)29-15(20)14-8-13(30-31(2,25)26)9-18(14)16(21)28-10-11-4-6-12(7-5-11)19(23)24/h4-7,13-14H,3,8-10H2,1-2H3/t13-,14+/m1/s1. The molecular formula is C17H20N2O11S. The first-order valence-corrected chi connectivity index (χ1v) is 10.7. The van der Waals surface area contributed by atoms with Gasteiger partial charge in [-0.25, -0.2) is 14.4 Å². The van der Waals surface area contributed by atoms with E-state index in [0.29, 0.717) is 5.56 Å². The Balaban J connectivity index is 2.08. The molecule has 0 unspecified atom stereocenters. The van der Waals surface area contributed by atoms with Crippen LogP contribution in [0.2, 0.25) is 0 Å². The number of non-ortho nitro benzene ring substituents is 1. The van der Waals surface area contributed by atoms with Crippen LogP contribution in [-0.2, 0) is 39.9 Å². The molecule has 14 heteroatoms. The van der Waals surface area contributed by atoms with Crippen molar-refractivity contribution in [2.24, 2.45) is 0 Å². The average Bonchev–Trinajstić information content (AvgIpc) is 3.08. The first-order chi connectivity index (χ1) is 14.5. The molecular weight excluding hydrogens is 440 g/mol. The van der Waals surface area contributed by atoms with Crippen LogP contribution in [-0.4, -0.2) is 68.0 Å². The quantitative estimate of drug-likeness (QED) is 0.189. The number of nitro groups is 1. The van der Waals surface area contributed by atoms with Gasteiger partial charge in [0, 0.05) is 18.6 Å². The smallest absolute Gasteiger partial charge is 0.445 e. The van der Waals surface area contributed by atoms with Crippen LogP contribution in [0.1, 0.15) is 18.9 Å². The fraction of sp³-hybridized carbons (Fsp3) is 0.471. The Labute approximate surface area is 177 Å². The van der Waals surface area contributed by atoms with Crippen molar-refractivity contribution in [2.75, 3.05) is 19.4 Å². The molecule has 31 heavy (non-hydrogen) atoms. The number of carbonyl (C=O) groups is 3. The van der Waals surface area contributed by atoms with Crippen LogP contribution in [0.3, 0.4) is 0 Å². The Morgan fingerprint density at radius 3 is 2.39 bits per heavy atom. The van der Waals surface area contributed by atoms with Gasteiger partial charge in [0.1, 0.15) is 12.6 Å². The number of ether oxygens (including phenoxy) is 3. The van der Waals surface area contributed by atoms with E-state index < -0.39 is 45.4 Å². The normalized spacial score (nSPS) is 18.3. The SMILES string of the molecule is CCOC(=O)OC(=O)[C@@H]1C[C@@H](OS(C)(=O)=O)CN1C(=O)OCc1ccc([N+](=O)[O-])cc1. The Hall–Kier alpha value is -3.26. The van der Waals surface area contributed by atoms with Crippen LogP contribution >= 0.6 is 0 Å². The van der Waals surface area contributed by atoms with Crippen molar-refractivity contribution < 1.29 is 46.1 Å². The summed E-state index contributed by atoms with van der Waals surface area (Å²) in [4.78, 5) is 47.2. The third-order valence-corrected chi connectivity index (χ3v) is 4.66. The van der Waals surface area contributed by atoms with Gasteiger partial charge in [-0.3, -0.25) is 19.2 Å². The summed E-state index contributed by atoms with van der Waals surface area (Å²) in [7, 11) is -3.88. The van der Waals surface area contributed by atoms with E-state index in [4.69, 9.17) is 8.92 Å². The van der Waals surface area contributed by atoms with Crippen LogP contribution in [0.15, 0.2) is 24.3 Å². The molecule has 1 fully saturated rings. The van der Waals surface area contributed by atoms with Gasteiger partial charge < -0.3 is 14.2 Å². The minimum absolute atomic E-state index is 0.0441. The molecule has 0 spiro atoms. The van der Waals surface area contributed by atoms with Crippen molar-refractivity contribution >= 4 is 34.0 Å². The molecule has 0 aliphatic carbocycles. The van der Waals surface area contributed by atoms with Gasteiger partial charge in [0.2, 0.25) is 0 Å². The molecule has 0 bridgehead atoms. The van der Waals surface area contributed by atoms with Crippen molar-refractivity contribution in [3.05, 3.63) is 39.9 Å². The largest absolute Gasteiger partial charge is 0.516 e. The second-order valence-corrected chi connectivity index (χ2v) is 8.01. The van der Waals surface area contributed by atoms with E-state index in [9.17, 15) is 32.9 Å². The minimum Gasteiger partial charge on any atom is -0.445 e. The van der Waals surface area contributed by atoms with Crippen molar-refractivity contribution in [3.8, 4) is 0 Å². The van der Waals surface area contributed by atoms with E-state index in [-0.39, 0.29) is 31.9 Å². The summed E-state index contributed by atoms with van der Waals surface area (Å²) in [5.74, 6) is -1.13. The van der Waals surface area contributed by atoms with Crippen LogP contribution in [0.25, 0.3) is 0 Å². The molecule has 2 atom stereocenters. The Bertz CT molecular complexity index is 945. The maximum absolute atomic E-state index is 12.5. The summed E-state index contributed by atoms with van der Waals surface area (Å²) in [6.45, 7) is 0.871. The van der Waals surface area contributed by atoms with Gasteiger partial charge in [-0.05, 0) is 24.6 Å². The zero-order chi connectivity index (χ0) is 23.2. The fourth-order valence-electron chi connectivity index (χ4n) is 2.78. The van der Waals surface area contributed by atoms with Crippen LogP contribution in [0.4, 0.5) is 15.3 Å². The lowest BCUT2D eigenvalue weighted by Gasteiger charge is -2.21. The molecule has 0 aromatic heterocycles. The first-order valence-electron chi connectivity index (χ1n) is 8.93. The van der Waals surface area contributed by atoms with Gasteiger partial charge in [-0.2, -0.15) is 8.42 Å². The lowest BCUT2D eigenvalue weighted by atomic mass is 10.2. The molecule has 1 aliphatic rings. The van der Waals surface area contributed by atoms with Crippen LogP contribution in [0, 0.1) is 10.1 Å². The van der Waals surface area contributed by atoms with Gasteiger partial charge in [-0.1, -0.05) is 0 Å². The number of hydrogen-bond acceptors (Lipinski definition) is 11. The maximum atomic E-state index is 12.5. The van der Waals surface area contributed by atoms with E-state index >= 15 is 0 Å². The number of hydrogen-bond donors (Lipinski definition) is 0. The van der Waals surface area contributed by atoms with Gasteiger partial charge in [-0.15, -0.1) is 0 Å². The number of benzene rings is 1. The number of amides is 1. The summed E-state index contributed by atoms with van der Waals surface area (Å²) < 4.78 is 41.8. The lowest BCUT2D eigenvalue weighted by molar-refractivity contribution is -0.384. The van der Waals surface area contributed by atoms with Crippen molar-refractivity contribution in [1.29, 1.82) is 0 Å². The second-order valence-electron chi connectivity index (χ2n) is 6.41. The van der Waals surface area contributed by atoms with Crippen molar-refractivity contribution in [3.63, 3.8) is 0 Å². The van der Waals surface area contributed by atoms with Crippen LogP contribution in [0.5, 0.6) is 0 Å². The predicted octanol–water partition coefficient (Wildman–Crippen LogP) is 1.35. The Kier molecular flexibility index (Phi) is 7.88. The van der Waals surface area contributed by atoms with E-state index in [1.165, 1.54) is 31.2 Å². The first kappa shape index (κ1) is 24.0. The Morgan fingerprint density at radius 2 is 1.84 bits per heavy atom. The fourth-order valence-corrected chi connectivity index (χ4v) is 3.41. The van der Waals surface area contributed by atoms with Crippen molar-refractivity contribution in [1.82, 2.24) is 4.90 Å². The van der Waals surface area contributed by atoms with Gasteiger partial charge in [0.05, 0.1) is 30.4 Å². The highest BCUT2D eigenvalue weighted by Gasteiger charge is 2.44. The number of nitro benzene ring substituents is 1. The molecule has 1 heterocycles. The number of rotatable bonds is 7. The molecule has 13 nitrogen and oxygen atoms in total. The second kappa shape index (κ2) is 10.2. The van der Waals surface area contributed by atoms with E-state index in [2.05, 4.69) is 9.47 Å². The molecule has 1 aliphatic heterocycles. The highest BCUT2D eigenvalue weighted by molar-refractivity contribution is 7.86. The number of likely N-dealkylation sites (tertiary alicyclic amines) is 1. The predicted molar refractivity (Wildman–Crippen MR) is 101 cm³/mol. The highest BCUT2D eigenvalue weighted by Crippen LogP contribution is 2.24. The van der Waals surface area contributed by atoms with Crippen LogP contribution < -0.4 is 0 Å². The molecule has 0 N–H and O–H groups in total. The molecule has 2 rings (SSSR count). The maximum Gasteiger partial charge on any atom is 0.516 e. The molecule has 170 valence electrons. The summed E-state index contributed by atoms with van der Waals surface area (Å²) in [6, 6.07) is 3.89.